The third kappa shape index (κ3) is 2.61. The average Bonchev–Trinajstić information content (AvgIpc) is 2.02. The van der Waals surface area contributed by atoms with E-state index in [0.29, 0.717) is 0 Å². The molecular formula is C9H18ClNO2S. The van der Waals surface area contributed by atoms with Gasteiger partial charge in [-0.25, -0.2) is 8.42 Å². The van der Waals surface area contributed by atoms with E-state index >= 15 is 0 Å². The zero-order valence-electron chi connectivity index (χ0n) is 8.74. The van der Waals surface area contributed by atoms with E-state index in [2.05, 4.69) is 0 Å². The fourth-order valence-corrected chi connectivity index (χ4v) is 4.45. The molecule has 0 amide bonds. The second-order valence-electron chi connectivity index (χ2n) is 3.96. The summed E-state index contributed by atoms with van der Waals surface area (Å²) in [6, 6.07) is 0.263. The minimum Gasteiger partial charge on any atom is -0.212 e. The van der Waals surface area contributed by atoms with Gasteiger partial charge in [0.2, 0.25) is 10.0 Å². The maximum Gasteiger partial charge on any atom is 0.215 e. The van der Waals surface area contributed by atoms with Crippen molar-refractivity contribution in [3.63, 3.8) is 0 Å². The molecule has 2 unspecified atom stereocenters. The Morgan fingerprint density at radius 1 is 1.29 bits per heavy atom. The first-order valence-corrected chi connectivity index (χ1v) is 7.20. The number of hydrogen-bond acceptors (Lipinski definition) is 2. The van der Waals surface area contributed by atoms with Gasteiger partial charge in [0, 0.05) is 18.0 Å². The predicted octanol–water partition coefficient (Wildman–Crippen LogP) is 1.82. The van der Waals surface area contributed by atoms with Crippen LogP contribution in [0.4, 0.5) is 0 Å². The first-order valence-electron chi connectivity index (χ1n) is 5.06. The van der Waals surface area contributed by atoms with Crippen molar-refractivity contribution in [2.24, 2.45) is 0 Å². The summed E-state index contributed by atoms with van der Waals surface area (Å²) in [7, 11) is -3.13. The molecule has 0 radical (unpaired) electrons. The van der Waals surface area contributed by atoms with Crippen LogP contribution in [-0.4, -0.2) is 36.4 Å². The quantitative estimate of drug-likeness (QED) is 0.705. The van der Waals surface area contributed by atoms with Crippen molar-refractivity contribution in [1.29, 1.82) is 0 Å². The maximum absolute atomic E-state index is 11.8. The Labute approximate surface area is 91.5 Å². The third-order valence-corrected chi connectivity index (χ3v) is 5.26. The van der Waals surface area contributed by atoms with Gasteiger partial charge in [0.05, 0.1) is 5.75 Å². The summed E-state index contributed by atoms with van der Waals surface area (Å²) >= 11 is 5.49. The van der Waals surface area contributed by atoms with Gasteiger partial charge in [-0.2, -0.15) is 4.31 Å². The highest BCUT2D eigenvalue weighted by atomic mass is 35.5. The molecule has 5 heteroatoms. The van der Waals surface area contributed by atoms with Crippen molar-refractivity contribution >= 4 is 21.6 Å². The molecule has 1 rings (SSSR count). The van der Waals surface area contributed by atoms with Crippen molar-refractivity contribution in [3.8, 4) is 0 Å². The minimum atomic E-state index is -3.13. The lowest BCUT2D eigenvalue weighted by molar-refractivity contribution is 0.204. The fourth-order valence-electron chi connectivity index (χ4n) is 2.15. The molecule has 0 spiro atoms. The Morgan fingerprint density at radius 3 is 2.21 bits per heavy atom. The maximum atomic E-state index is 11.8. The number of hydrogen-bond donors (Lipinski definition) is 0. The van der Waals surface area contributed by atoms with Gasteiger partial charge in [0.1, 0.15) is 0 Å². The molecule has 0 N–H and O–H groups in total. The first kappa shape index (κ1) is 12.3. The van der Waals surface area contributed by atoms with Crippen LogP contribution in [0.5, 0.6) is 0 Å². The van der Waals surface area contributed by atoms with Crippen LogP contribution < -0.4 is 0 Å². The van der Waals surface area contributed by atoms with Gasteiger partial charge in [-0.1, -0.05) is 6.42 Å². The van der Waals surface area contributed by atoms with Crippen molar-refractivity contribution in [2.45, 2.75) is 45.2 Å². The lowest BCUT2D eigenvalue weighted by Crippen LogP contribution is -2.48. The largest absolute Gasteiger partial charge is 0.215 e. The zero-order chi connectivity index (χ0) is 10.8. The lowest BCUT2D eigenvalue weighted by atomic mass is 10.0. The number of sulfonamides is 1. The molecule has 0 aromatic heterocycles. The molecule has 1 aliphatic rings. The molecule has 0 bridgehead atoms. The van der Waals surface area contributed by atoms with Gasteiger partial charge in [-0.3, -0.25) is 0 Å². The Kier molecular flexibility index (Phi) is 4.22. The van der Waals surface area contributed by atoms with Gasteiger partial charge < -0.3 is 0 Å². The van der Waals surface area contributed by atoms with E-state index in [9.17, 15) is 8.42 Å². The SMILES string of the molecule is CC1CCCC(C)N1S(=O)(=O)CCCl. The van der Waals surface area contributed by atoms with E-state index in [1.807, 2.05) is 13.8 Å². The summed E-state index contributed by atoms with van der Waals surface area (Å²) in [4.78, 5) is 0. The fraction of sp³-hybridized carbons (Fsp3) is 1.00. The third-order valence-electron chi connectivity index (χ3n) is 2.77. The molecule has 0 aromatic rings. The number of halogens is 1. The summed E-state index contributed by atoms with van der Waals surface area (Å²) in [6.45, 7) is 3.95. The highest BCUT2D eigenvalue weighted by Gasteiger charge is 2.33. The van der Waals surface area contributed by atoms with Gasteiger partial charge in [0.25, 0.3) is 0 Å². The van der Waals surface area contributed by atoms with Gasteiger partial charge in [-0.05, 0) is 26.7 Å². The van der Waals surface area contributed by atoms with Crippen LogP contribution in [-0.2, 0) is 10.0 Å². The van der Waals surface area contributed by atoms with E-state index < -0.39 is 10.0 Å². The molecule has 1 fully saturated rings. The predicted molar refractivity (Wildman–Crippen MR) is 59.1 cm³/mol. The zero-order valence-corrected chi connectivity index (χ0v) is 10.3. The number of alkyl halides is 1. The van der Waals surface area contributed by atoms with E-state index in [0.717, 1.165) is 19.3 Å². The molecule has 2 atom stereocenters. The van der Waals surface area contributed by atoms with E-state index in [1.54, 1.807) is 4.31 Å². The Hall–Kier alpha value is 0.200. The summed E-state index contributed by atoms with van der Waals surface area (Å²) < 4.78 is 25.3. The van der Waals surface area contributed by atoms with Crippen LogP contribution in [0.25, 0.3) is 0 Å². The first-order chi connectivity index (χ1) is 6.49. The standard InChI is InChI=1S/C9H18ClNO2S/c1-8-4-3-5-9(2)11(8)14(12,13)7-6-10/h8-9H,3-7H2,1-2H3. The minimum absolute atomic E-state index is 0.0588. The van der Waals surface area contributed by atoms with Crippen LogP contribution in [0, 0.1) is 0 Å². The Morgan fingerprint density at radius 2 is 1.79 bits per heavy atom. The van der Waals surface area contributed by atoms with E-state index in [1.165, 1.54) is 0 Å². The summed E-state index contributed by atoms with van der Waals surface area (Å²) in [5, 5.41) is 0. The molecule has 1 aliphatic heterocycles. The number of nitrogens with zero attached hydrogens (tertiary/aromatic N) is 1. The van der Waals surface area contributed by atoms with Crippen molar-refractivity contribution < 1.29 is 8.42 Å². The molecule has 3 nitrogen and oxygen atoms in total. The second-order valence-corrected chi connectivity index (χ2v) is 6.34. The molecule has 84 valence electrons. The molecule has 0 saturated carbocycles. The van der Waals surface area contributed by atoms with Gasteiger partial charge in [-0.15, -0.1) is 11.6 Å². The molecule has 14 heavy (non-hydrogen) atoms. The molecule has 0 aromatic carbocycles. The lowest BCUT2D eigenvalue weighted by Gasteiger charge is -2.37. The smallest absolute Gasteiger partial charge is 0.212 e. The highest BCUT2D eigenvalue weighted by molar-refractivity contribution is 7.89. The number of piperidine rings is 1. The molecule has 1 heterocycles. The van der Waals surface area contributed by atoms with Crippen molar-refractivity contribution in [3.05, 3.63) is 0 Å². The van der Waals surface area contributed by atoms with E-state index in [4.69, 9.17) is 11.6 Å². The number of rotatable bonds is 3. The van der Waals surface area contributed by atoms with Gasteiger partial charge in [0.15, 0.2) is 0 Å². The Bertz CT molecular complexity index is 269. The normalized spacial score (nSPS) is 30.5. The second kappa shape index (κ2) is 4.81. The van der Waals surface area contributed by atoms with Crippen LogP contribution >= 0.6 is 11.6 Å². The summed E-state index contributed by atoms with van der Waals surface area (Å²) in [5.74, 6) is 0.238. The summed E-state index contributed by atoms with van der Waals surface area (Å²) in [6.07, 6.45) is 3.05. The van der Waals surface area contributed by atoms with Crippen molar-refractivity contribution in [2.75, 3.05) is 11.6 Å². The van der Waals surface area contributed by atoms with Crippen LogP contribution in [0.2, 0.25) is 0 Å². The van der Waals surface area contributed by atoms with Crippen LogP contribution in [0.15, 0.2) is 0 Å². The molecular weight excluding hydrogens is 222 g/mol. The Balaban J connectivity index is 2.82. The van der Waals surface area contributed by atoms with Crippen molar-refractivity contribution in [1.82, 2.24) is 4.31 Å². The monoisotopic (exact) mass is 239 g/mol. The van der Waals surface area contributed by atoms with Crippen LogP contribution in [0.1, 0.15) is 33.1 Å². The summed E-state index contributed by atoms with van der Waals surface area (Å²) in [5.41, 5.74) is 0. The molecule has 0 aliphatic carbocycles. The van der Waals surface area contributed by atoms with Gasteiger partial charge >= 0.3 is 0 Å². The highest BCUT2D eigenvalue weighted by Crippen LogP contribution is 2.25. The van der Waals surface area contributed by atoms with E-state index in [-0.39, 0.29) is 23.7 Å². The van der Waals surface area contributed by atoms with Crippen LogP contribution in [0.3, 0.4) is 0 Å². The topological polar surface area (TPSA) is 37.4 Å². The molecule has 1 saturated heterocycles. The average molecular weight is 240 g/mol.